The van der Waals surface area contributed by atoms with Crippen LogP contribution >= 0.6 is 11.8 Å². The predicted molar refractivity (Wildman–Crippen MR) is 117 cm³/mol. The maximum absolute atomic E-state index is 13.2. The first kappa shape index (κ1) is 21.6. The zero-order valence-corrected chi connectivity index (χ0v) is 17.9. The van der Waals surface area contributed by atoms with E-state index >= 15 is 0 Å². The van der Waals surface area contributed by atoms with Gasteiger partial charge in [0, 0.05) is 13.6 Å². The van der Waals surface area contributed by atoms with Gasteiger partial charge in [0.2, 0.25) is 5.91 Å². The number of fused-ring (bicyclic) bond motifs is 1. The van der Waals surface area contributed by atoms with Crippen LogP contribution < -0.4 is 10.9 Å². The van der Waals surface area contributed by atoms with Gasteiger partial charge >= 0.3 is 5.97 Å². The van der Waals surface area contributed by atoms with Crippen LogP contribution in [-0.4, -0.2) is 40.8 Å². The summed E-state index contributed by atoms with van der Waals surface area (Å²) in [6.45, 7) is 2.18. The van der Waals surface area contributed by atoms with Crippen LogP contribution in [0.3, 0.4) is 0 Å². The monoisotopic (exact) mass is 425 g/mol. The van der Waals surface area contributed by atoms with Gasteiger partial charge in [0.15, 0.2) is 5.16 Å². The van der Waals surface area contributed by atoms with Gasteiger partial charge in [0.1, 0.15) is 0 Å². The number of esters is 1. The second-order valence-corrected chi connectivity index (χ2v) is 7.99. The number of hydrogen-bond acceptors (Lipinski definition) is 6. The van der Waals surface area contributed by atoms with E-state index in [-0.39, 0.29) is 11.5 Å². The summed E-state index contributed by atoms with van der Waals surface area (Å²) in [6, 6.07) is 14.5. The van der Waals surface area contributed by atoms with E-state index in [4.69, 9.17) is 4.74 Å². The number of hydrogen-bond donors (Lipinski definition) is 1. The summed E-state index contributed by atoms with van der Waals surface area (Å²) in [6.07, 6.45) is 0.649. The highest BCUT2D eigenvalue weighted by Gasteiger charge is 2.19. The Bertz CT molecular complexity index is 1130. The Morgan fingerprint density at radius 3 is 2.60 bits per heavy atom. The molecule has 3 aromatic rings. The van der Waals surface area contributed by atoms with Crippen LogP contribution in [0, 0.1) is 0 Å². The molecule has 8 heteroatoms. The number of carbonyl (C=O) groups excluding carboxylic acids is 2. The molecule has 1 atom stereocenters. The SMILES string of the molecule is CNC(=O)C(C)Sc1nc2cc(C(=O)OC)ccc2c(=O)n1CCc1ccccc1. The van der Waals surface area contributed by atoms with Crippen LogP contribution in [0.5, 0.6) is 0 Å². The van der Waals surface area contributed by atoms with Gasteiger partial charge in [0.05, 0.1) is 28.8 Å². The maximum atomic E-state index is 13.2. The number of ether oxygens (including phenoxy) is 1. The summed E-state index contributed by atoms with van der Waals surface area (Å²) in [7, 11) is 2.87. The second-order valence-electron chi connectivity index (χ2n) is 6.68. The Morgan fingerprint density at radius 2 is 1.93 bits per heavy atom. The van der Waals surface area contributed by atoms with Gasteiger partial charge in [-0.3, -0.25) is 14.2 Å². The van der Waals surface area contributed by atoms with Crippen molar-refractivity contribution < 1.29 is 14.3 Å². The number of rotatable bonds is 7. The predicted octanol–water partition coefficient (Wildman–Crippen LogP) is 2.65. The summed E-state index contributed by atoms with van der Waals surface area (Å²) in [4.78, 5) is 41.8. The van der Waals surface area contributed by atoms with Crippen molar-refractivity contribution in [2.45, 2.75) is 30.3 Å². The zero-order chi connectivity index (χ0) is 21.7. The Labute approximate surface area is 178 Å². The Hall–Kier alpha value is -3.13. The van der Waals surface area contributed by atoms with Crippen LogP contribution in [0.2, 0.25) is 0 Å². The molecule has 0 spiro atoms. The van der Waals surface area contributed by atoms with Gasteiger partial charge in [-0.05, 0) is 37.1 Å². The van der Waals surface area contributed by atoms with Crippen LogP contribution in [0.25, 0.3) is 10.9 Å². The molecule has 30 heavy (non-hydrogen) atoms. The number of amides is 1. The third kappa shape index (κ3) is 4.71. The first-order valence-corrected chi connectivity index (χ1v) is 10.4. The number of methoxy groups -OCH3 is 1. The Kier molecular flexibility index (Phi) is 6.89. The van der Waals surface area contributed by atoms with E-state index in [2.05, 4.69) is 10.3 Å². The van der Waals surface area contributed by atoms with Crippen molar-refractivity contribution >= 4 is 34.5 Å². The molecule has 7 nitrogen and oxygen atoms in total. The molecule has 1 aromatic heterocycles. The van der Waals surface area contributed by atoms with E-state index in [1.165, 1.54) is 18.9 Å². The molecule has 0 aliphatic rings. The van der Waals surface area contributed by atoms with Gasteiger partial charge in [-0.2, -0.15) is 0 Å². The van der Waals surface area contributed by atoms with E-state index in [9.17, 15) is 14.4 Å². The molecule has 3 rings (SSSR count). The number of carbonyl (C=O) groups is 2. The molecule has 2 aromatic carbocycles. The van der Waals surface area contributed by atoms with Crippen LogP contribution in [0.4, 0.5) is 0 Å². The molecular formula is C22H23N3O4S. The highest BCUT2D eigenvalue weighted by molar-refractivity contribution is 8.00. The molecule has 1 N–H and O–H groups in total. The topological polar surface area (TPSA) is 90.3 Å². The Morgan fingerprint density at radius 1 is 1.20 bits per heavy atom. The summed E-state index contributed by atoms with van der Waals surface area (Å²) < 4.78 is 6.35. The lowest BCUT2D eigenvalue weighted by Gasteiger charge is -2.16. The van der Waals surface area contributed by atoms with Crippen molar-refractivity contribution in [3.63, 3.8) is 0 Å². The van der Waals surface area contributed by atoms with Gasteiger partial charge < -0.3 is 10.1 Å². The highest BCUT2D eigenvalue weighted by Crippen LogP contribution is 2.23. The van der Waals surface area contributed by atoms with E-state index < -0.39 is 11.2 Å². The van der Waals surface area contributed by atoms with Crippen molar-refractivity contribution in [3.8, 4) is 0 Å². The normalized spacial score (nSPS) is 11.8. The number of nitrogens with zero attached hydrogens (tertiary/aromatic N) is 2. The van der Waals surface area contributed by atoms with Crippen LogP contribution in [0.1, 0.15) is 22.8 Å². The van der Waals surface area contributed by atoms with Crippen LogP contribution in [0.15, 0.2) is 58.5 Å². The molecule has 0 saturated heterocycles. The third-order valence-electron chi connectivity index (χ3n) is 4.71. The highest BCUT2D eigenvalue weighted by atomic mass is 32.2. The fraction of sp³-hybridized carbons (Fsp3) is 0.273. The number of nitrogens with one attached hydrogen (secondary N) is 1. The van der Waals surface area contributed by atoms with E-state index in [1.54, 1.807) is 36.7 Å². The van der Waals surface area contributed by atoms with E-state index in [1.807, 2.05) is 30.3 Å². The summed E-state index contributed by atoms with van der Waals surface area (Å²) >= 11 is 1.21. The fourth-order valence-electron chi connectivity index (χ4n) is 3.03. The summed E-state index contributed by atoms with van der Waals surface area (Å²) in [5.41, 5.74) is 1.60. The molecule has 0 bridgehead atoms. The lowest BCUT2D eigenvalue weighted by atomic mass is 10.1. The molecule has 1 unspecified atom stereocenters. The van der Waals surface area contributed by atoms with Gasteiger partial charge in [-0.15, -0.1) is 0 Å². The molecular weight excluding hydrogens is 402 g/mol. The van der Waals surface area contributed by atoms with Crippen molar-refractivity contribution in [1.82, 2.24) is 14.9 Å². The quantitative estimate of drug-likeness (QED) is 0.356. The van der Waals surface area contributed by atoms with Crippen molar-refractivity contribution in [2.24, 2.45) is 0 Å². The van der Waals surface area contributed by atoms with Gasteiger partial charge in [-0.1, -0.05) is 42.1 Å². The van der Waals surface area contributed by atoms with E-state index in [0.717, 1.165) is 5.56 Å². The minimum atomic E-state index is -0.500. The maximum Gasteiger partial charge on any atom is 0.337 e. The summed E-state index contributed by atoms with van der Waals surface area (Å²) in [5, 5.41) is 3.01. The molecule has 1 heterocycles. The molecule has 1 amide bonds. The first-order valence-electron chi connectivity index (χ1n) is 9.49. The minimum absolute atomic E-state index is 0.160. The average molecular weight is 426 g/mol. The second kappa shape index (κ2) is 9.58. The zero-order valence-electron chi connectivity index (χ0n) is 17.0. The van der Waals surface area contributed by atoms with Crippen molar-refractivity contribution in [3.05, 3.63) is 70.0 Å². The van der Waals surface area contributed by atoms with Crippen LogP contribution in [-0.2, 0) is 22.5 Å². The number of aryl methyl sites for hydroxylation is 1. The molecule has 156 valence electrons. The molecule has 0 aliphatic heterocycles. The van der Waals surface area contributed by atoms with E-state index in [0.29, 0.717) is 34.6 Å². The number of benzene rings is 2. The van der Waals surface area contributed by atoms with Crippen molar-refractivity contribution in [2.75, 3.05) is 14.2 Å². The molecule has 0 aliphatic carbocycles. The third-order valence-corrected chi connectivity index (χ3v) is 5.80. The largest absolute Gasteiger partial charge is 0.465 e. The molecule has 0 radical (unpaired) electrons. The smallest absolute Gasteiger partial charge is 0.337 e. The lowest BCUT2D eigenvalue weighted by molar-refractivity contribution is -0.119. The average Bonchev–Trinajstić information content (AvgIpc) is 2.77. The van der Waals surface area contributed by atoms with Gasteiger partial charge in [-0.25, -0.2) is 9.78 Å². The standard InChI is InChI=1S/C22H23N3O4S/c1-14(19(26)23-2)30-22-24-18-13-16(21(28)29-3)9-10-17(18)20(27)25(22)12-11-15-7-5-4-6-8-15/h4-10,13-14H,11-12H2,1-3H3,(H,23,26). The minimum Gasteiger partial charge on any atom is -0.465 e. The summed E-state index contributed by atoms with van der Waals surface area (Å²) in [5.74, 6) is -0.660. The first-order chi connectivity index (χ1) is 14.4. The number of thioether (sulfide) groups is 1. The molecule has 0 fully saturated rings. The lowest BCUT2D eigenvalue weighted by Crippen LogP contribution is -2.29. The Balaban J connectivity index is 2.07. The molecule has 0 saturated carbocycles. The number of aromatic nitrogens is 2. The van der Waals surface area contributed by atoms with Gasteiger partial charge in [0.25, 0.3) is 5.56 Å². The fourth-order valence-corrected chi connectivity index (χ4v) is 4.03. The van der Waals surface area contributed by atoms with Crippen molar-refractivity contribution in [1.29, 1.82) is 0 Å².